The summed E-state index contributed by atoms with van der Waals surface area (Å²) in [7, 11) is 0. The molecule has 3 nitrogen and oxygen atoms in total. The SMILES string of the molecule is CC=CCOCCOc1ccc(CNCC(C)C)cc1. The Hall–Kier alpha value is -1.32. The van der Waals surface area contributed by atoms with Gasteiger partial charge in [-0.25, -0.2) is 0 Å². The van der Waals surface area contributed by atoms with Gasteiger partial charge in [-0.15, -0.1) is 0 Å². The topological polar surface area (TPSA) is 30.5 Å². The van der Waals surface area contributed by atoms with E-state index in [4.69, 9.17) is 9.47 Å². The summed E-state index contributed by atoms with van der Waals surface area (Å²) in [6.45, 7) is 10.2. The molecule has 1 aromatic rings. The van der Waals surface area contributed by atoms with Gasteiger partial charge in [-0.3, -0.25) is 0 Å². The Morgan fingerprint density at radius 2 is 1.90 bits per heavy atom. The monoisotopic (exact) mass is 277 g/mol. The van der Waals surface area contributed by atoms with Crippen molar-refractivity contribution in [3.05, 3.63) is 42.0 Å². The summed E-state index contributed by atoms with van der Waals surface area (Å²) in [5.74, 6) is 1.58. The summed E-state index contributed by atoms with van der Waals surface area (Å²) in [4.78, 5) is 0. The smallest absolute Gasteiger partial charge is 0.119 e. The van der Waals surface area contributed by atoms with Gasteiger partial charge in [0.05, 0.1) is 13.2 Å². The first kappa shape index (κ1) is 16.7. The zero-order valence-corrected chi connectivity index (χ0v) is 12.9. The quantitative estimate of drug-likeness (QED) is 0.525. The fourth-order valence-electron chi connectivity index (χ4n) is 1.67. The van der Waals surface area contributed by atoms with Gasteiger partial charge in [0, 0.05) is 6.54 Å². The van der Waals surface area contributed by atoms with E-state index in [9.17, 15) is 0 Å². The van der Waals surface area contributed by atoms with Crippen molar-refractivity contribution < 1.29 is 9.47 Å². The Labute approximate surface area is 123 Å². The summed E-state index contributed by atoms with van der Waals surface area (Å²) in [6.07, 6.45) is 3.96. The summed E-state index contributed by atoms with van der Waals surface area (Å²) >= 11 is 0. The highest BCUT2D eigenvalue weighted by Crippen LogP contribution is 2.12. The van der Waals surface area contributed by atoms with Gasteiger partial charge in [0.25, 0.3) is 0 Å². The first-order chi connectivity index (χ1) is 9.72. The van der Waals surface area contributed by atoms with Crippen LogP contribution in [0.25, 0.3) is 0 Å². The number of hydrogen-bond acceptors (Lipinski definition) is 3. The molecular weight excluding hydrogens is 250 g/mol. The van der Waals surface area contributed by atoms with Crippen molar-refractivity contribution in [2.24, 2.45) is 5.92 Å². The first-order valence-electron chi connectivity index (χ1n) is 7.33. The van der Waals surface area contributed by atoms with Gasteiger partial charge in [0.15, 0.2) is 0 Å². The van der Waals surface area contributed by atoms with Gasteiger partial charge in [-0.2, -0.15) is 0 Å². The average Bonchev–Trinajstić information content (AvgIpc) is 2.44. The van der Waals surface area contributed by atoms with Crippen LogP contribution in [0.3, 0.4) is 0 Å². The van der Waals surface area contributed by atoms with E-state index in [1.807, 2.05) is 31.2 Å². The van der Waals surface area contributed by atoms with Crippen molar-refractivity contribution in [1.82, 2.24) is 5.32 Å². The fraction of sp³-hybridized carbons (Fsp3) is 0.529. The van der Waals surface area contributed by atoms with Gasteiger partial charge >= 0.3 is 0 Å². The predicted molar refractivity (Wildman–Crippen MR) is 84.1 cm³/mol. The lowest BCUT2D eigenvalue weighted by molar-refractivity contribution is 0.121. The molecule has 3 heteroatoms. The molecule has 0 aliphatic carbocycles. The van der Waals surface area contributed by atoms with Crippen molar-refractivity contribution >= 4 is 0 Å². The highest BCUT2D eigenvalue weighted by molar-refractivity contribution is 5.27. The Balaban J connectivity index is 2.18. The normalized spacial score (nSPS) is 11.4. The minimum Gasteiger partial charge on any atom is -0.491 e. The molecule has 0 saturated carbocycles. The molecule has 0 heterocycles. The second kappa shape index (κ2) is 10.5. The second-order valence-corrected chi connectivity index (χ2v) is 5.16. The first-order valence-corrected chi connectivity index (χ1v) is 7.33. The van der Waals surface area contributed by atoms with E-state index in [0.717, 1.165) is 18.8 Å². The van der Waals surface area contributed by atoms with Gasteiger partial charge in [-0.1, -0.05) is 38.1 Å². The number of nitrogens with one attached hydrogen (secondary N) is 1. The summed E-state index contributed by atoms with van der Waals surface area (Å²) in [5.41, 5.74) is 1.28. The molecule has 1 N–H and O–H groups in total. The number of allylic oxidation sites excluding steroid dienone is 1. The van der Waals surface area contributed by atoms with Crippen LogP contribution in [-0.4, -0.2) is 26.4 Å². The van der Waals surface area contributed by atoms with Crippen LogP contribution >= 0.6 is 0 Å². The Kier molecular flexibility index (Phi) is 8.76. The number of ether oxygens (including phenoxy) is 2. The van der Waals surface area contributed by atoms with Crippen LogP contribution in [0, 0.1) is 5.92 Å². The van der Waals surface area contributed by atoms with E-state index in [2.05, 4.69) is 31.3 Å². The van der Waals surface area contributed by atoms with Crippen molar-refractivity contribution in [2.75, 3.05) is 26.4 Å². The van der Waals surface area contributed by atoms with E-state index in [1.54, 1.807) is 0 Å². The molecule has 112 valence electrons. The van der Waals surface area contributed by atoms with E-state index >= 15 is 0 Å². The van der Waals surface area contributed by atoms with Crippen molar-refractivity contribution in [3.63, 3.8) is 0 Å². The van der Waals surface area contributed by atoms with Crippen molar-refractivity contribution in [1.29, 1.82) is 0 Å². The highest BCUT2D eigenvalue weighted by atomic mass is 16.5. The predicted octanol–water partition coefficient (Wildman–Crippen LogP) is 3.40. The van der Waals surface area contributed by atoms with Crippen LogP contribution in [0.1, 0.15) is 26.3 Å². The molecule has 1 aromatic carbocycles. The lowest BCUT2D eigenvalue weighted by Crippen LogP contribution is -2.18. The number of rotatable bonds is 10. The van der Waals surface area contributed by atoms with E-state index in [-0.39, 0.29) is 0 Å². The molecule has 0 aliphatic rings. The minimum absolute atomic E-state index is 0.586. The maximum absolute atomic E-state index is 5.61. The summed E-state index contributed by atoms with van der Waals surface area (Å²) in [6, 6.07) is 8.23. The third-order valence-corrected chi connectivity index (χ3v) is 2.75. The average molecular weight is 277 g/mol. The van der Waals surface area contributed by atoms with Gasteiger partial charge < -0.3 is 14.8 Å². The largest absolute Gasteiger partial charge is 0.491 e. The molecule has 1 rings (SSSR count). The van der Waals surface area contributed by atoms with Crippen LogP contribution in [0.5, 0.6) is 5.75 Å². The molecule has 0 aromatic heterocycles. The molecule has 0 fully saturated rings. The minimum atomic E-state index is 0.586. The summed E-state index contributed by atoms with van der Waals surface area (Å²) < 4.78 is 11.0. The van der Waals surface area contributed by atoms with E-state index in [1.165, 1.54) is 5.56 Å². The van der Waals surface area contributed by atoms with Crippen molar-refractivity contribution in [2.45, 2.75) is 27.3 Å². The van der Waals surface area contributed by atoms with Crippen LogP contribution in [-0.2, 0) is 11.3 Å². The van der Waals surface area contributed by atoms with Gasteiger partial charge in [0.1, 0.15) is 12.4 Å². The zero-order chi connectivity index (χ0) is 14.6. The lowest BCUT2D eigenvalue weighted by atomic mass is 10.2. The molecule has 0 bridgehead atoms. The molecule has 0 atom stereocenters. The molecular formula is C17H27NO2. The highest BCUT2D eigenvalue weighted by Gasteiger charge is 1.97. The third-order valence-electron chi connectivity index (χ3n) is 2.75. The van der Waals surface area contributed by atoms with E-state index < -0.39 is 0 Å². The standard InChI is InChI=1S/C17H27NO2/c1-4-5-10-19-11-12-20-17-8-6-16(7-9-17)14-18-13-15(2)3/h4-9,15,18H,10-14H2,1-3H3. The second-order valence-electron chi connectivity index (χ2n) is 5.16. The van der Waals surface area contributed by atoms with Gasteiger partial charge in [0.2, 0.25) is 0 Å². The van der Waals surface area contributed by atoms with Crippen LogP contribution in [0.4, 0.5) is 0 Å². The number of benzene rings is 1. The van der Waals surface area contributed by atoms with Crippen LogP contribution < -0.4 is 10.1 Å². The number of hydrogen-bond donors (Lipinski definition) is 1. The Morgan fingerprint density at radius 1 is 1.15 bits per heavy atom. The molecule has 20 heavy (non-hydrogen) atoms. The maximum Gasteiger partial charge on any atom is 0.119 e. The molecule has 0 aliphatic heterocycles. The Bertz CT molecular complexity index is 371. The lowest BCUT2D eigenvalue weighted by Gasteiger charge is -2.09. The summed E-state index contributed by atoms with van der Waals surface area (Å²) in [5, 5.41) is 3.43. The van der Waals surface area contributed by atoms with Gasteiger partial charge in [-0.05, 0) is 37.1 Å². The third kappa shape index (κ3) is 7.97. The van der Waals surface area contributed by atoms with E-state index in [0.29, 0.717) is 25.7 Å². The molecule has 0 saturated heterocycles. The molecule has 0 amide bonds. The molecule has 0 unspecified atom stereocenters. The zero-order valence-electron chi connectivity index (χ0n) is 12.9. The molecule has 0 spiro atoms. The van der Waals surface area contributed by atoms with Crippen molar-refractivity contribution in [3.8, 4) is 5.75 Å². The maximum atomic E-state index is 5.61. The van der Waals surface area contributed by atoms with Crippen LogP contribution in [0.2, 0.25) is 0 Å². The molecule has 0 radical (unpaired) electrons. The fourth-order valence-corrected chi connectivity index (χ4v) is 1.67. The Morgan fingerprint density at radius 3 is 2.55 bits per heavy atom. The van der Waals surface area contributed by atoms with Crippen LogP contribution in [0.15, 0.2) is 36.4 Å².